The number of nitrogens with zero attached hydrogens (tertiary/aromatic N) is 1. The Morgan fingerprint density at radius 3 is 2.45 bits per heavy atom. The van der Waals surface area contributed by atoms with E-state index in [1.165, 1.54) is 32.4 Å². The minimum absolute atomic E-state index is 0.0297. The number of likely N-dealkylation sites (tertiary alicyclic amines) is 1. The summed E-state index contributed by atoms with van der Waals surface area (Å²) in [5.41, 5.74) is 2.68. The number of hydrogen-bond acceptors (Lipinski definition) is 5. The predicted molar refractivity (Wildman–Crippen MR) is 158 cm³/mol. The molecule has 3 aromatic carbocycles. The van der Waals surface area contributed by atoms with Crippen molar-refractivity contribution >= 4 is 27.2 Å². The van der Waals surface area contributed by atoms with Gasteiger partial charge in [0.1, 0.15) is 18.1 Å². The van der Waals surface area contributed by atoms with E-state index in [1.807, 2.05) is 48.5 Å². The van der Waals surface area contributed by atoms with E-state index in [-0.39, 0.29) is 5.78 Å². The van der Waals surface area contributed by atoms with Crippen molar-refractivity contribution in [1.29, 1.82) is 0 Å². The normalized spacial score (nSPS) is 14.0. The number of thiophene rings is 1. The van der Waals surface area contributed by atoms with Crippen molar-refractivity contribution in [2.75, 3.05) is 32.8 Å². The Hall–Kier alpha value is -3.15. The van der Waals surface area contributed by atoms with E-state index < -0.39 is 0 Å². The number of unbranched alkanes of at least 4 members (excludes halogenated alkanes) is 2. The molecule has 0 aliphatic carbocycles. The molecule has 38 heavy (non-hydrogen) atoms. The molecule has 0 bridgehead atoms. The standard InChI is InChI=1S/C33H37NO3S/c1-2-3-9-22-36-28-12-10-11-26(24-28)32(35)33-31(29-13-5-6-14-30(29)38-33)25-15-17-27(18-16-25)37-23-21-34-19-7-4-8-20-34/h5-6,10-18,24H,2-4,7-9,19-23H2,1H3. The Kier molecular flexibility index (Phi) is 9.11. The van der Waals surface area contributed by atoms with Gasteiger partial charge in [-0.25, -0.2) is 0 Å². The van der Waals surface area contributed by atoms with Gasteiger partial charge in [0.2, 0.25) is 5.78 Å². The van der Waals surface area contributed by atoms with E-state index in [9.17, 15) is 4.79 Å². The third-order valence-electron chi connectivity index (χ3n) is 7.18. The number of hydrogen-bond donors (Lipinski definition) is 0. The first-order valence-electron chi connectivity index (χ1n) is 14.0. The SMILES string of the molecule is CCCCCOc1cccc(C(=O)c2sc3ccccc3c2-c2ccc(OCCN3CCCCC3)cc2)c1. The summed E-state index contributed by atoms with van der Waals surface area (Å²) in [7, 11) is 0. The fourth-order valence-electron chi connectivity index (χ4n) is 5.09. The lowest BCUT2D eigenvalue weighted by Gasteiger charge is -2.26. The van der Waals surface area contributed by atoms with Crippen molar-refractivity contribution in [3.05, 3.63) is 83.2 Å². The summed E-state index contributed by atoms with van der Waals surface area (Å²) in [5.74, 6) is 1.65. The zero-order chi connectivity index (χ0) is 26.2. The number of carbonyl (C=O) groups is 1. The largest absolute Gasteiger partial charge is 0.494 e. The molecule has 0 radical (unpaired) electrons. The van der Waals surface area contributed by atoms with Crippen LogP contribution in [0.15, 0.2) is 72.8 Å². The van der Waals surface area contributed by atoms with Crippen LogP contribution in [0.2, 0.25) is 0 Å². The van der Waals surface area contributed by atoms with Gasteiger partial charge in [-0.2, -0.15) is 0 Å². The van der Waals surface area contributed by atoms with Crippen LogP contribution >= 0.6 is 11.3 Å². The molecular formula is C33H37NO3S. The first-order chi connectivity index (χ1) is 18.7. The highest BCUT2D eigenvalue weighted by Crippen LogP contribution is 2.40. The molecular weight excluding hydrogens is 490 g/mol. The summed E-state index contributed by atoms with van der Waals surface area (Å²) in [6, 6.07) is 24.1. The molecule has 4 nitrogen and oxygen atoms in total. The van der Waals surface area contributed by atoms with Crippen LogP contribution in [-0.4, -0.2) is 43.5 Å². The Balaban J connectivity index is 1.35. The fourth-order valence-corrected chi connectivity index (χ4v) is 6.27. The molecule has 0 atom stereocenters. The van der Waals surface area contributed by atoms with Gasteiger partial charge in [-0.1, -0.05) is 68.7 Å². The van der Waals surface area contributed by atoms with E-state index in [0.717, 1.165) is 63.4 Å². The lowest BCUT2D eigenvalue weighted by Crippen LogP contribution is -2.33. The third kappa shape index (κ3) is 6.46. The second-order valence-corrected chi connectivity index (χ2v) is 11.0. The summed E-state index contributed by atoms with van der Waals surface area (Å²) >= 11 is 1.56. The third-order valence-corrected chi connectivity index (χ3v) is 8.35. The molecule has 198 valence electrons. The zero-order valence-corrected chi connectivity index (χ0v) is 23.1. The van der Waals surface area contributed by atoms with Gasteiger partial charge in [0.05, 0.1) is 11.5 Å². The number of piperidine rings is 1. The van der Waals surface area contributed by atoms with E-state index in [2.05, 4.69) is 36.1 Å². The maximum absolute atomic E-state index is 13.8. The topological polar surface area (TPSA) is 38.8 Å². The Bertz CT molecular complexity index is 1340. The van der Waals surface area contributed by atoms with Gasteiger partial charge in [0, 0.05) is 27.8 Å². The molecule has 2 heterocycles. The van der Waals surface area contributed by atoms with Gasteiger partial charge in [-0.3, -0.25) is 9.69 Å². The lowest BCUT2D eigenvalue weighted by molar-refractivity contribution is 0.104. The smallest absolute Gasteiger partial charge is 0.203 e. The van der Waals surface area contributed by atoms with Gasteiger partial charge in [0.25, 0.3) is 0 Å². The molecule has 0 saturated carbocycles. The number of fused-ring (bicyclic) bond motifs is 1. The van der Waals surface area contributed by atoms with Crippen LogP contribution in [0.3, 0.4) is 0 Å². The van der Waals surface area contributed by atoms with Crippen molar-refractivity contribution in [3.8, 4) is 22.6 Å². The average molecular weight is 528 g/mol. The van der Waals surface area contributed by atoms with Gasteiger partial charge in [-0.15, -0.1) is 11.3 Å². The van der Waals surface area contributed by atoms with Crippen LogP contribution in [0.25, 0.3) is 21.2 Å². The summed E-state index contributed by atoms with van der Waals surface area (Å²) < 4.78 is 13.1. The number of ether oxygens (including phenoxy) is 2. The molecule has 0 amide bonds. The number of benzene rings is 3. The number of rotatable bonds is 12. The van der Waals surface area contributed by atoms with Crippen molar-refractivity contribution in [2.45, 2.75) is 45.4 Å². The van der Waals surface area contributed by atoms with Crippen LogP contribution in [0.5, 0.6) is 11.5 Å². The van der Waals surface area contributed by atoms with E-state index in [0.29, 0.717) is 18.8 Å². The van der Waals surface area contributed by atoms with Gasteiger partial charge in [-0.05, 0) is 68.2 Å². The molecule has 5 heteroatoms. The van der Waals surface area contributed by atoms with Gasteiger partial charge in [0.15, 0.2) is 0 Å². The summed E-state index contributed by atoms with van der Waals surface area (Å²) in [6.45, 7) is 6.87. The van der Waals surface area contributed by atoms with Gasteiger partial charge < -0.3 is 9.47 Å². The molecule has 0 spiro atoms. The summed E-state index contributed by atoms with van der Waals surface area (Å²) in [6.07, 6.45) is 7.25. The highest BCUT2D eigenvalue weighted by molar-refractivity contribution is 7.21. The monoisotopic (exact) mass is 527 g/mol. The minimum Gasteiger partial charge on any atom is -0.494 e. The molecule has 1 fully saturated rings. The van der Waals surface area contributed by atoms with Crippen LogP contribution in [0.4, 0.5) is 0 Å². The highest BCUT2D eigenvalue weighted by Gasteiger charge is 2.21. The zero-order valence-electron chi connectivity index (χ0n) is 22.3. The lowest BCUT2D eigenvalue weighted by atomic mass is 9.98. The Morgan fingerprint density at radius 1 is 0.842 bits per heavy atom. The summed E-state index contributed by atoms with van der Waals surface area (Å²) in [5, 5.41) is 1.10. The van der Waals surface area contributed by atoms with Crippen LogP contribution in [-0.2, 0) is 0 Å². The van der Waals surface area contributed by atoms with Crippen molar-refractivity contribution in [3.63, 3.8) is 0 Å². The maximum atomic E-state index is 13.8. The number of carbonyl (C=O) groups excluding carboxylic acids is 1. The molecule has 1 saturated heterocycles. The molecule has 0 N–H and O–H groups in total. The second kappa shape index (κ2) is 13.1. The quantitative estimate of drug-likeness (QED) is 0.137. The van der Waals surface area contributed by atoms with Crippen molar-refractivity contribution in [1.82, 2.24) is 4.90 Å². The predicted octanol–water partition coefficient (Wildman–Crippen LogP) is 8.23. The molecule has 4 aromatic rings. The fraction of sp³-hybridized carbons (Fsp3) is 0.364. The first-order valence-corrected chi connectivity index (χ1v) is 14.8. The van der Waals surface area contributed by atoms with E-state index in [1.54, 1.807) is 11.3 Å². The maximum Gasteiger partial charge on any atom is 0.203 e. The molecule has 1 aliphatic heterocycles. The van der Waals surface area contributed by atoms with Gasteiger partial charge >= 0.3 is 0 Å². The van der Waals surface area contributed by atoms with Crippen molar-refractivity contribution < 1.29 is 14.3 Å². The van der Waals surface area contributed by atoms with Crippen LogP contribution in [0, 0.1) is 0 Å². The van der Waals surface area contributed by atoms with Crippen LogP contribution < -0.4 is 9.47 Å². The molecule has 1 aromatic heterocycles. The minimum atomic E-state index is 0.0297. The van der Waals surface area contributed by atoms with Crippen LogP contribution in [0.1, 0.15) is 60.7 Å². The van der Waals surface area contributed by atoms with E-state index >= 15 is 0 Å². The summed E-state index contributed by atoms with van der Waals surface area (Å²) in [4.78, 5) is 17.1. The Morgan fingerprint density at radius 2 is 1.63 bits per heavy atom. The molecule has 5 rings (SSSR count). The average Bonchev–Trinajstić information content (AvgIpc) is 3.36. The van der Waals surface area contributed by atoms with E-state index in [4.69, 9.17) is 9.47 Å². The highest BCUT2D eigenvalue weighted by atomic mass is 32.1. The number of ketones is 1. The molecule has 1 aliphatic rings. The first kappa shape index (κ1) is 26.5. The van der Waals surface area contributed by atoms with Crippen molar-refractivity contribution in [2.24, 2.45) is 0 Å². The molecule has 0 unspecified atom stereocenters. The second-order valence-electron chi connectivity index (χ2n) is 9.99. The Labute approximate surface area is 230 Å².